The Morgan fingerprint density at radius 2 is 2.40 bits per heavy atom. The quantitative estimate of drug-likeness (QED) is 0.755. The predicted molar refractivity (Wildman–Crippen MR) is 50.2 cm³/mol. The van der Waals surface area contributed by atoms with Crippen LogP contribution in [0.25, 0.3) is 0 Å². The Morgan fingerprint density at radius 1 is 1.73 bits per heavy atom. The number of carboxylic acid groups (broad SMARTS) is 1. The zero-order valence-electron chi connectivity index (χ0n) is 8.11. The highest BCUT2D eigenvalue weighted by atomic mass is 19.1. The van der Waals surface area contributed by atoms with E-state index in [9.17, 15) is 9.18 Å². The van der Waals surface area contributed by atoms with Gasteiger partial charge in [-0.15, -0.1) is 0 Å². The van der Waals surface area contributed by atoms with Crippen molar-refractivity contribution in [1.29, 1.82) is 0 Å². The van der Waals surface area contributed by atoms with E-state index in [2.05, 4.69) is 4.98 Å². The second kappa shape index (κ2) is 4.70. The van der Waals surface area contributed by atoms with Gasteiger partial charge in [0.25, 0.3) is 0 Å². The monoisotopic (exact) mass is 214 g/mol. The maximum absolute atomic E-state index is 13.3. The summed E-state index contributed by atoms with van der Waals surface area (Å²) in [5.41, 5.74) is 5.03. The van der Waals surface area contributed by atoms with Crippen molar-refractivity contribution in [3.05, 3.63) is 23.6 Å². The van der Waals surface area contributed by atoms with Gasteiger partial charge in [0.2, 0.25) is 5.88 Å². The van der Waals surface area contributed by atoms with Crippen LogP contribution in [-0.4, -0.2) is 29.7 Å². The lowest BCUT2D eigenvalue weighted by atomic mass is 10.1. The first-order chi connectivity index (χ1) is 7.10. The fourth-order valence-corrected chi connectivity index (χ4v) is 1.13. The van der Waals surface area contributed by atoms with Crippen LogP contribution in [0, 0.1) is 5.82 Å². The average Bonchev–Trinajstić information content (AvgIpc) is 2.21. The third-order valence-corrected chi connectivity index (χ3v) is 1.92. The van der Waals surface area contributed by atoms with Crippen molar-refractivity contribution in [2.75, 3.05) is 13.7 Å². The average molecular weight is 214 g/mol. The SMILES string of the molecule is COc1ccc(F)c(C(CN)C(=O)O)n1. The lowest BCUT2D eigenvalue weighted by Crippen LogP contribution is -2.23. The molecule has 1 atom stereocenters. The van der Waals surface area contributed by atoms with Crippen LogP contribution in [0.4, 0.5) is 4.39 Å². The summed E-state index contributed by atoms with van der Waals surface area (Å²) in [6.07, 6.45) is 0. The molecule has 3 N–H and O–H groups in total. The molecule has 0 aliphatic rings. The minimum absolute atomic E-state index is 0.158. The van der Waals surface area contributed by atoms with E-state index in [1.54, 1.807) is 0 Å². The molecule has 0 saturated heterocycles. The molecule has 0 spiro atoms. The largest absolute Gasteiger partial charge is 0.481 e. The van der Waals surface area contributed by atoms with E-state index in [4.69, 9.17) is 15.6 Å². The van der Waals surface area contributed by atoms with E-state index in [0.29, 0.717) is 0 Å². The second-order valence-electron chi connectivity index (χ2n) is 2.85. The summed E-state index contributed by atoms with van der Waals surface area (Å²) < 4.78 is 18.0. The number of ether oxygens (including phenoxy) is 1. The van der Waals surface area contributed by atoms with Gasteiger partial charge >= 0.3 is 5.97 Å². The number of aromatic nitrogens is 1. The van der Waals surface area contributed by atoms with E-state index < -0.39 is 17.7 Å². The Balaban J connectivity index is 3.15. The number of nitrogens with two attached hydrogens (primary N) is 1. The van der Waals surface area contributed by atoms with Crippen molar-refractivity contribution >= 4 is 5.97 Å². The first-order valence-corrected chi connectivity index (χ1v) is 4.23. The van der Waals surface area contributed by atoms with Crippen LogP contribution >= 0.6 is 0 Å². The summed E-state index contributed by atoms with van der Waals surface area (Å²) >= 11 is 0. The number of carboxylic acids is 1. The molecule has 5 nitrogen and oxygen atoms in total. The summed E-state index contributed by atoms with van der Waals surface area (Å²) in [7, 11) is 1.36. The molecule has 0 aliphatic carbocycles. The molecule has 0 radical (unpaired) electrons. The maximum Gasteiger partial charge on any atom is 0.314 e. The molecule has 0 saturated carbocycles. The lowest BCUT2D eigenvalue weighted by Gasteiger charge is -2.10. The summed E-state index contributed by atoms with van der Waals surface area (Å²) in [6, 6.07) is 2.42. The van der Waals surface area contributed by atoms with Crippen molar-refractivity contribution in [2.45, 2.75) is 5.92 Å². The molecule has 1 unspecified atom stereocenters. The molecule has 1 aromatic rings. The van der Waals surface area contributed by atoms with Crippen LogP contribution in [0.15, 0.2) is 12.1 Å². The minimum Gasteiger partial charge on any atom is -0.481 e. The van der Waals surface area contributed by atoms with Gasteiger partial charge in [0.05, 0.1) is 12.8 Å². The molecular weight excluding hydrogens is 203 g/mol. The Labute approximate surface area is 85.7 Å². The van der Waals surface area contributed by atoms with Gasteiger partial charge in [-0.05, 0) is 6.07 Å². The summed E-state index contributed by atoms with van der Waals surface area (Å²) in [5.74, 6) is -2.91. The zero-order chi connectivity index (χ0) is 11.4. The fraction of sp³-hybridized carbons (Fsp3) is 0.333. The van der Waals surface area contributed by atoms with E-state index in [-0.39, 0.29) is 18.1 Å². The van der Waals surface area contributed by atoms with Crippen molar-refractivity contribution in [3.63, 3.8) is 0 Å². The van der Waals surface area contributed by atoms with Crippen LogP contribution in [-0.2, 0) is 4.79 Å². The van der Waals surface area contributed by atoms with Crippen molar-refractivity contribution in [2.24, 2.45) is 5.73 Å². The van der Waals surface area contributed by atoms with Crippen LogP contribution in [0.1, 0.15) is 11.6 Å². The minimum atomic E-state index is -1.21. The Bertz CT molecular complexity index is 370. The summed E-state index contributed by atoms with van der Waals surface area (Å²) in [4.78, 5) is 14.5. The number of hydrogen-bond acceptors (Lipinski definition) is 4. The maximum atomic E-state index is 13.3. The first-order valence-electron chi connectivity index (χ1n) is 4.23. The van der Waals surface area contributed by atoms with Gasteiger partial charge in [-0.1, -0.05) is 0 Å². The Hall–Kier alpha value is -1.69. The highest BCUT2D eigenvalue weighted by Gasteiger charge is 2.23. The van der Waals surface area contributed by atoms with Crippen LogP contribution in [0.3, 0.4) is 0 Å². The molecule has 0 fully saturated rings. The van der Waals surface area contributed by atoms with Gasteiger partial charge in [-0.2, -0.15) is 0 Å². The highest BCUT2D eigenvalue weighted by molar-refractivity contribution is 5.75. The molecule has 1 aromatic heterocycles. The number of nitrogens with zero attached hydrogens (tertiary/aromatic N) is 1. The van der Waals surface area contributed by atoms with Crippen molar-refractivity contribution < 1.29 is 19.0 Å². The number of hydrogen-bond donors (Lipinski definition) is 2. The molecule has 82 valence electrons. The van der Waals surface area contributed by atoms with E-state index >= 15 is 0 Å². The normalized spacial score (nSPS) is 12.2. The van der Waals surface area contributed by atoms with Gasteiger partial charge in [-0.25, -0.2) is 9.37 Å². The molecule has 0 amide bonds. The number of halogens is 1. The van der Waals surface area contributed by atoms with E-state index in [1.165, 1.54) is 13.2 Å². The first kappa shape index (κ1) is 11.4. The number of rotatable bonds is 4. The van der Waals surface area contributed by atoms with Crippen LogP contribution in [0.2, 0.25) is 0 Å². The topological polar surface area (TPSA) is 85.4 Å². The smallest absolute Gasteiger partial charge is 0.314 e. The third kappa shape index (κ3) is 2.41. The predicted octanol–water partition coefficient (Wildman–Crippen LogP) is 0.356. The van der Waals surface area contributed by atoms with Gasteiger partial charge in [0.1, 0.15) is 11.7 Å². The summed E-state index contributed by atoms with van der Waals surface area (Å²) in [6.45, 7) is -0.216. The third-order valence-electron chi connectivity index (χ3n) is 1.92. The molecule has 1 rings (SSSR count). The molecule has 0 aromatic carbocycles. The number of methoxy groups -OCH3 is 1. The Kier molecular flexibility index (Phi) is 3.56. The van der Waals surface area contributed by atoms with Gasteiger partial charge in [0, 0.05) is 12.6 Å². The number of carbonyl (C=O) groups is 1. The summed E-state index contributed by atoms with van der Waals surface area (Å²) in [5, 5.41) is 8.79. The standard InChI is InChI=1S/C9H11FN2O3/c1-15-7-3-2-6(10)8(12-7)5(4-11)9(13)14/h2-3,5H,4,11H2,1H3,(H,13,14). The van der Waals surface area contributed by atoms with Crippen LogP contribution < -0.4 is 10.5 Å². The molecule has 15 heavy (non-hydrogen) atoms. The highest BCUT2D eigenvalue weighted by Crippen LogP contribution is 2.19. The van der Waals surface area contributed by atoms with Crippen molar-refractivity contribution in [3.8, 4) is 5.88 Å². The van der Waals surface area contributed by atoms with Gasteiger partial charge < -0.3 is 15.6 Å². The zero-order valence-corrected chi connectivity index (χ0v) is 8.11. The van der Waals surface area contributed by atoms with E-state index in [1.807, 2.05) is 0 Å². The van der Waals surface area contributed by atoms with Gasteiger partial charge in [0.15, 0.2) is 0 Å². The fourth-order valence-electron chi connectivity index (χ4n) is 1.13. The van der Waals surface area contributed by atoms with Crippen LogP contribution in [0.5, 0.6) is 5.88 Å². The van der Waals surface area contributed by atoms with E-state index in [0.717, 1.165) is 6.07 Å². The van der Waals surface area contributed by atoms with Crippen molar-refractivity contribution in [1.82, 2.24) is 4.98 Å². The molecular formula is C9H11FN2O3. The second-order valence-corrected chi connectivity index (χ2v) is 2.85. The molecule has 6 heteroatoms. The Morgan fingerprint density at radius 3 is 2.87 bits per heavy atom. The van der Waals surface area contributed by atoms with Gasteiger partial charge in [-0.3, -0.25) is 4.79 Å². The lowest BCUT2D eigenvalue weighted by molar-refractivity contribution is -0.138. The molecule has 1 heterocycles. The molecule has 0 aliphatic heterocycles. The number of pyridine rings is 1. The molecule has 0 bridgehead atoms. The number of aliphatic carboxylic acids is 1.